The summed E-state index contributed by atoms with van der Waals surface area (Å²) in [5.74, 6) is -11.7. The van der Waals surface area contributed by atoms with Gasteiger partial charge in [-0.15, -0.1) is 0 Å². The number of fused-ring (bicyclic) bond motifs is 1. The van der Waals surface area contributed by atoms with Crippen LogP contribution in [-0.4, -0.2) is 206 Å². The maximum Gasteiger partial charge on any atom is 0.407 e. The van der Waals surface area contributed by atoms with Crippen LogP contribution in [0.2, 0.25) is 0 Å². The largest absolute Gasteiger partial charge is 0.447 e. The number of benzene rings is 2. The molecule has 1 aromatic heterocycles. The molecule has 79 heavy (non-hydrogen) atoms. The molecule has 3 aromatic rings. The smallest absolute Gasteiger partial charge is 0.407 e. The SMILES string of the molecule is CCCN(OCCNC(=O)OCCOCCOCCOCCOCCOCCOCCOCCOCCOCCOCCC(=O)Oc1c(F)c(F)c([SH](=O)=O)c(F)c1F)C(=O)C1=Cc2ccc(-c3cncnc3)cc2N=C(N)C1. The molecule has 1 aliphatic heterocycles. The Bertz CT molecular complexity index is 2410. The van der Waals surface area contributed by atoms with E-state index >= 15 is 0 Å². The van der Waals surface area contributed by atoms with Gasteiger partial charge in [-0.05, 0) is 24.1 Å². The van der Waals surface area contributed by atoms with E-state index in [4.69, 9.17) is 62.7 Å². The first-order valence-electron chi connectivity index (χ1n) is 25.2. The Morgan fingerprint density at radius 2 is 1.10 bits per heavy atom. The molecule has 1 aliphatic rings. The average Bonchev–Trinajstić information content (AvgIpc) is 3.61. The number of amides is 2. The first-order chi connectivity index (χ1) is 38.4. The number of carbonyl (C=O) groups is 3. The molecule has 2 amide bonds. The van der Waals surface area contributed by atoms with E-state index in [1.807, 2.05) is 25.1 Å². The second kappa shape index (κ2) is 39.5. The summed E-state index contributed by atoms with van der Waals surface area (Å²) in [5, 5.41) is 3.86. The number of hydrogen-bond donors (Lipinski definition) is 3. The molecule has 0 atom stereocenters. The number of halogens is 4. The van der Waals surface area contributed by atoms with Gasteiger partial charge in [-0.1, -0.05) is 19.1 Å². The van der Waals surface area contributed by atoms with Crippen LogP contribution in [0.3, 0.4) is 0 Å². The van der Waals surface area contributed by atoms with Crippen LogP contribution in [0.15, 0.2) is 52.4 Å². The zero-order valence-corrected chi connectivity index (χ0v) is 44.7. The molecular formula is C50H68F4N6O18S. The minimum atomic E-state index is -3.98. The van der Waals surface area contributed by atoms with Crippen LogP contribution in [0.25, 0.3) is 17.2 Å². The van der Waals surface area contributed by atoms with E-state index in [2.05, 4.69) is 25.0 Å². The summed E-state index contributed by atoms with van der Waals surface area (Å²) < 4.78 is 141. The number of aromatic nitrogens is 2. The van der Waals surface area contributed by atoms with E-state index in [-0.39, 0.29) is 77.6 Å². The van der Waals surface area contributed by atoms with Gasteiger partial charge in [0.25, 0.3) is 5.91 Å². The van der Waals surface area contributed by atoms with E-state index in [0.717, 1.165) is 16.7 Å². The second-order valence-corrected chi connectivity index (χ2v) is 17.2. The second-order valence-electron chi connectivity index (χ2n) is 16.2. The summed E-state index contributed by atoms with van der Waals surface area (Å²) in [4.78, 5) is 54.1. The summed E-state index contributed by atoms with van der Waals surface area (Å²) in [6.45, 7) is 8.16. The molecule has 0 bridgehead atoms. The highest BCUT2D eigenvalue weighted by Gasteiger charge is 2.30. The number of aliphatic imine (C=N–C) groups is 1. The van der Waals surface area contributed by atoms with Crippen LogP contribution in [-0.2, 0) is 77.2 Å². The number of nitrogens with two attached hydrogens (primary N) is 1. The molecule has 0 fully saturated rings. The number of esters is 1. The average molecular weight is 1150 g/mol. The lowest BCUT2D eigenvalue weighted by Gasteiger charge is -2.22. The summed E-state index contributed by atoms with van der Waals surface area (Å²) in [5.41, 5.74) is 9.69. The Balaban J connectivity index is 0.836. The van der Waals surface area contributed by atoms with Gasteiger partial charge >= 0.3 is 12.1 Å². The van der Waals surface area contributed by atoms with Gasteiger partial charge in [0, 0.05) is 48.6 Å². The van der Waals surface area contributed by atoms with Crippen LogP contribution >= 0.6 is 0 Å². The highest BCUT2D eigenvalue weighted by molar-refractivity contribution is 7.72. The summed E-state index contributed by atoms with van der Waals surface area (Å²) in [6.07, 6.45) is 6.22. The fourth-order valence-corrected chi connectivity index (χ4v) is 7.07. The Labute approximate surface area is 455 Å². The lowest BCUT2D eigenvalue weighted by molar-refractivity contribution is -0.181. The third-order valence-corrected chi connectivity index (χ3v) is 11.1. The quantitative estimate of drug-likeness (QED) is 0.0139. The van der Waals surface area contributed by atoms with Crippen molar-refractivity contribution in [1.82, 2.24) is 20.3 Å². The van der Waals surface area contributed by atoms with Crippen LogP contribution in [0, 0.1) is 23.3 Å². The topological polar surface area (TPSA) is 285 Å². The van der Waals surface area contributed by atoms with Crippen LogP contribution in [0.5, 0.6) is 5.75 Å². The van der Waals surface area contributed by atoms with Gasteiger partial charge < -0.3 is 67.9 Å². The van der Waals surface area contributed by atoms with Crippen LogP contribution in [0.4, 0.5) is 28.0 Å². The number of ether oxygens (including phenoxy) is 12. The minimum Gasteiger partial charge on any atom is -0.447 e. The van der Waals surface area contributed by atoms with Crippen molar-refractivity contribution in [3.05, 3.63) is 71.3 Å². The monoisotopic (exact) mass is 1150 g/mol. The number of hydrogen-bond acceptors (Lipinski definition) is 22. The van der Waals surface area contributed by atoms with E-state index < -0.39 is 63.1 Å². The van der Waals surface area contributed by atoms with Gasteiger partial charge in [-0.2, -0.15) is 8.78 Å². The predicted molar refractivity (Wildman–Crippen MR) is 272 cm³/mol. The van der Waals surface area contributed by atoms with Crippen molar-refractivity contribution in [1.29, 1.82) is 0 Å². The molecule has 24 nitrogen and oxygen atoms in total. The summed E-state index contributed by atoms with van der Waals surface area (Å²) in [7, 11) is -3.98. The van der Waals surface area contributed by atoms with Gasteiger partial charge in [0.1, 0.15) is 23.7 Å². The van der Waals surface area contributed by atoms with Crippen molar-refractivity contribution in [3.8, 4) is 16.9 Å². The number of alkyl carbamates (subject to hydrolysis) is 1. The van der Waals surface area contributed by atoms with Crippen molar-refractivity contribution in [3.63, 3.8) is 0 Å². The third kappa shape index (κ3) is 25.9. The van der Waals surface area contributed by atoms with Crippen molar-refractivity contribution in [2.24, 2.45) is 10.7 Å². The highest BCUT2D eigenvalue weighted by Crippen LogP contribution is 2.33. The number of nitrogens with one attached hydrogen (secondary N) is 1. The van der Waals surface area contributed by atoms with Crippen molar-refractivity contribution < 1.29 is 102 Å². The fourth-order valence-electron chi connectivity index (χ4n) is 6.55. The Morgan fingerprint density at radius 1 is 0.633 bits per heavy atom. The standard InChI is InChI=1S/C50H68F4N6O18S/c1-2-7-60(49(62)38-30-37-4-3-36(39-33-56-35-57-34-39)31-40(37)59-41(55)32-38)77-9-6-58-50(63)76-29-28-75-27-26-74-25-24-73-23-22-72-21-20-71-19-18-70-17-16-69-15-14-68-13-12-67-11-10-66-8-5-42(61)78-47-43(51)45(53)48(79(64)65)46(54)44(47)52/h3-4,30-31,33-35,79H,2,5-29,32H2,1H3,(H2,55,59)(H,58,63). The molecule has 0 saturated carbocycles. The van der Waals surface area contributed by atoms with Gasteiger partial charge in [-0.25, -0.2) is 42.0 Å². The van der Waals surface area contributed by atoms with E-state index in [1.54, 1.807) is 18.5 Å². The molecule has 0 spiro atoms. The van der Waals surface area contributed by atoms with E-state index in [9.17, 15) is 40.4 Å². The Hall–Kier alpha value is -5.83. The van der Waals surface area contributed by atoms with Gasteiger partial charge in [0.2, 0.25) is 17.4 Å². The number of thiol groups is 1. The maximum absolute atomic E-state index is 13.9. The Kier molecular flexibility index (Phi) is 32.9. The molecule has 440 valence electrons. The lowest BCUT2D eigenvalue weighted by Crippen LogP contribution is -2.37. The minimum absolute atomic E-state index is 0.0279. The number of carbonyl (C=O) groups excluding carboxylic acids is 3. The molecule has 3 N–H and O–H groups in total. The first kappa shape index (κ1) is 65.7. The highest BCUT2D eigenvalue weighted by atomic mass is 32.2. The van der Waals surface area contributed by atoms with E-state index in [0.29, 0.717) is 117 Å². The van der Waals surface area contributed by atoms with Crippen molar-refractivity contribution in [2.75, 3.05) is 158 Å². The molecule has 4 rings (SSSR count). The molecule has 0 aliphatic carbocycles. The number of nitrogens with zero attached hydrogens (tertiary/aromatic N) is 4. The molecule has 0 saturated heterocycles. The van der Waals surface area contributed by atoms with Gasteiger partial charge in [0.05, 0.1) is 151 Å². The molecule has 0 radical (unpaired) electrons. The fraction of sp³-hybridized carbons (Fsp3) is 0.560. The normalized spacial score (nSPS) is 12.2. The van der Waals surface area contributed by atoms with E-state index in [1.165, 1.54) is 11.4 Å². The third-order valence-electron chi connectivity index (χ3n) is 10.3. The zero-order chi connectivity index (χ0) is 56.9. The van der Waals surface area contributed by atoms with Crippen molar-refractivity contribution in [2.45, 2.75) is 31.1 Å². The van der Waals surface area contributed by atoms with Gasteiger partial charge in [0.15, 0.2) is 22.3 Å². The number of hydroxylamine groups is 2. The van der Waals surface area contributed by atoms with Crippen LogP contribution < -0.4 is 15.8 Å². The number of amidine groups is 1. The molecule has 29 heteroatoms. The zero-order valence-electron chi connectivity index (χ0n) is 43.8. The lowest BCUT2D eigenvalue weighted by atomic mass is 10.0. The van der Waals surface area contributed by atoms with Gasteiger partial charge in [-0.3, -0.25) is 14.4 Å². The number of rotatable bonds is 43. The first-order valence-corrected chi connectivity index (χ1v) is 26.4. The summed E-state index contributed by atoms with van der Waals surface area (Å²) in [6, 6.07) is 5.64. The molecule has 2 aromatic carbocycles. The molecule has 0 unspecified atom stereocenters. The van der Waals surface area contributed by atoms with Crippen LogP contribution in [0.1, 0.15) is 31.7 Å². The maximum atomic E-state index is 13.9. The predicted octanol–water partition coefficient (Wildman–Crippen LogP) is 3.50. The molecule has 2 heterocycles. The van der Waals surface area contributed by atoms with Crippen molar-refractivity contribution >= 4 is 46.3 Å². The summed E-state index contributed by atoms with van der Waals surface area (Å²) >= 11 is 0. The Morgan fingerprint density at radius 3 is 1.57 bits per heavy atom. The molecular weight excluding hydrogens is 1080 g/mol.